The van der Waals surface area contributed by atoms with Crippen molar-refractivity contribution in [3.05, 3.63) is 152 Å². The third-order valence-electron chi connectivity index (χ3n) is 8.02. The number of nitrogens with one attached hydrogen (secondary N) is 5. The van der Waals surface area contributed by atoms with Crippen molar-refractivity contribution in [3.63, 3.8) is 0 Å². The molecule has 5 aromatic rings. The van der Waals surface area contributed by atoms with E-state index in [0.29, 0.717) is 28.4 Å². The Hall–Kier alpha value is -7.59. The molecule has 0 aromatic heterocycles. The molecule has 16 nitrogen and oxygen atoms in total. The van der Waals surface area contributed by atoms with E-state index < -0.39 is 67.8 Å². The van der Waals surface area contributed by atoms with Crippen LogP contribution in [0.4, 0.5) is 52.4 Å². The zero-order valence-electron chi connectivity index (χ0n) is 30.0. The van der Waals surface area contributed by atoms with Crippen LogP contribution in [0.2, 0.25) is 0 Å². The predicted octanol–water partition coefficient (Wildman–Crippen LogP) is 8.06. The van der Waals surface area contributed by atoms with Gasteiger partial charge in [0.05, 0.1) is 0 Å². The fraction of sp³-hybridized carbons (Fsp3) is 0.146. The molecule has 0 radical (unpaired) electrons. The summed E-state index contributed by atoms with van der Waals surface area (Å²) in [6.45, 7) is -0.648. The molecule has 5 amide bonds. The van der Waals surface area contributed by atoms with Crippen molar-refractivity contribution >= 4 is 58.9 Å². The average molecular weight is 776 g/mol. The summed E-state index contributed by atoms with van der Waals surface area (Å²) in [6, 6.07) is 41.6. The highest BCUT2D eigenvalue weighted by Crippen LogP contribution is 2.31. The minimum absolute atomic E-state index is 0.334. The Kier molecular flexibility index (Phi) is 13.5. The van der Waals surface area contributed by atoms with Crippen molar-refractivity contribution in [1.29, 1.82) is 0 Å². The standard InChI is InChI=1S/C41H37N5O11/c47-37(42-27-16-6-1-7-17-27)52-26-32-33(54-38(48)43-28-18-8-2-9-19-28)34(55-39(49)44-29-20-10-3-11-21-29)35(56-40(50)45-30-22-12-4-13-23-30)36(53-32)57-41(51)46-31-24-14-5-15-25-31/h1-25,32-36H,26H2,(H,42,47)(H,43,48)(H,44,49)(H,45,50)(H,46,51). The topological polar surface area (TPSA) is 201 Å². The minimum Gasteiger partial charge on any atom is -0.446 e. The molecule has 5 atom stereocenters. The van der Waals surface area contributed by atoms with Crippen molar-refractivity contribution in [2.75, 3.05) is 33.2 Å². The van der Waals surface area contributed by atoms with Gasteiger partial charge < -0.3 is 28.4 Å². The summed E-state index contributed by atoms with van der Waals surface area (Å²) >= 11 is 0. The molecule has 0 bridgehead atoms. The first-order valence-electron chi connectivity index (χ1n) is 17.5. The number of benzene rings is 5. The lowest BCUT2D eigenvalue weighted by Gasteiger charge is -2.43. The fourth-order valence-corrected chi connectivity index (χ4v) is 5.49. The number of rotatable bonds is 11. The molecule has 5 unspecified atom stereocenters. The van der Waals surface area contributed by atoms with Crippen LogP contribution in [0, 0.1) is 0 Å². The maximum atomic E-state index is 13.6. The molecule has 292 valence electrons. The maximum Gasteiger partial charge on any atom is 0.414 e. The van der Waals surface area contributed by atoms with Gasteiger partial charge in [-0.15, -0.1) is 0 Å². The number of para-hydroxylation sites is 5. The second-order valence-corrected chi connectivity index (χ2v) is 12.1. The number of hydrogen-bond donors (Lipinski definition) is 5. The zero-order chi connectivity index (χ0) is 39.8. The molecule has 0 aliphatic carbocycles. The molecule has 0 saturated carbocycles. The van der Waals surface area contributed by atoms with Crippen molar-refractivity contribution in [2.45, 2.75) is 30.7 Å². The molecule has 6 rings (SSSR count). The van der Waals surface area contributed by atoms with Crippen LogP contribution in [0.15, 0.2) is 152 Å². The van der Waals surface area contributed by atoms with Crippen LogP contribution in [-0.4, -0.2) is 67.8 Å². The van der Waals surface area contributed by atoms with Crippen molar-refractivity contribution in [1.82, 2.24) is 0 Å². The second kappa shape index (κ2) is 19.7. The van der Waals surface area contributed by atoms with Gasteiger partial charge in [0.1, 0.15) is 12.7 Å². The molecule has 0 spiro atoms. The molecule has 5 N–H and O–H groups in total. The Morgan fingerprint density at radius 2 is 0.684 bits per heavy atom. The molecule has 57 heavy (non-hydrogen) atoms. The highest BCUT2D eigenvalue weighted by Gasteiger charge is 2.54. The van der Waals surface area contributed by atoms with E-state index in [4.69, 9.17) is 28.4 Å². The van der Waals surface area contributed by atoms with Crippen molar-refractivity contribution in [3.8, 4) is 0 Å². The smallest absolute Gasteiger partial charge is 0.414 e. The SMILES string of the molecule is O=C(Nc1ccccc1)OCC1OC(OC(=O)Nc2ccccc2)C(OC(=O)Nc2ccccc2)C(OC(=O)Nc2ccccc2)C1OC(=O)Nc1ccccc1. The van der Waals surface area contributed by atoms with E-state index in [-0.39, 0.29) is 0 Å². The quantitative estimate of drug-likeness (QED) is 0.0813. The summed E-state index contributed by atoms with van der Waals surface area (Å²) in [4.78, 5) is 66.8. The number of ether oxygens (including phenoxy) is 6. The monoisotopic (exact) mass is 775 g/mol. The van der Waals surface area contributed by atoms with Gasteiger partial charge in [-0.1, -0.05) is 91.0 Å². The number of amides is 5. The van der Waals surface area contributed by atoms with E-state index in [1.54, 1.807) is 152 Å². The summed E-state index contributed by atoms with van der Waals surface area (Å²) in [5.74, 6) is 0. The summed E-state index contributed by atoms with van der Waals surface area (Å²) in [7, 11) is 0. The molecule has 1 aliphatic heterocycles. The molecule has 16 heteroatoms. The normalized spacial score (nSPS) is 18.4. The van der Waals surface area contributed by atoms with Crippen LogP contribution in [0.1, 0.15) is 0 Å². The average Bonchev–Trinajstić information content (AvgIpc) is 3.21. The predicted molar refractivity (Wildman–Crippen MR) is 208 cm³/mol. The summed E-state index contributed by atoms with van der Waals surface area (Å²) in [5, 5.41) is 12.8. The first-order chi connectivity index (χ1) is 27.8. The molecule has 1 heterocycles. The number of carbonyl (C=O) groups is 5. The Bertz CT molecular complexity index is 2080. The fourth-order valence-electron chi connectivity index (χ4n) is 5.49. The van der Waals surface area contributed by atoms with Gasteiger partial charge >= 0.3 is 30.5 Å². The second-order valence-electron chi connectivity index (χ2n) is 12.1. The van der Waals surface area contributed by atoms with Gasteiger partial charge in [-0.3, -0.25) is 26.6 Å². The Labute approximate surface area is 326 Å². The number of hydrogen-bond acceptors (Lipinski definition) is 11. The van der Waals surface area contributed by atoms with Crippen molar-refractivity contribution in [2.24, 2.45) is 0 Å². The van der Waals surface area contributed by atoms with Crippen LogP contribution in [0.5, 0.6) is 0 Å². The molecule has 1 fully saturated rings. The lowest BCUT2D eigenvalue weighted by molar-refractivity contribution is -0.279. The van der Waals surface area contributed by atoms with E-state index in [1.165, 1.54) is 0 Å². The van der Waals surface area contributed by atoms with Gasteiger partial charge in [0.25, 0.3) is 0 Å². The summed E-state index contributed by atoms with van der Waals surface area (Å²) in [6.07, 6.45) is -13.8. The largest absolute Gasteiger partial charge is 0.446 e. The maximum absolute atomic E-state index is 13.6. The summed E-state index contributed by atoms with van der Waals surface area (Å²) in [5.41, 5.74) is 1.79. The van der Waals surface area contributed by atoms with Crippen LogP contribution in [-0.2, 0) is 28.4 Å². The summed E-state index contributed by atoms with van der Waals surface area (Å²) < 4.78 is 34.8. The molecule has 1 saturated heterocycles. The van der Waals surface area contributed by atoms with Gasteiger partial charge in [0, 0.05) is 28.4 Å². The van der Waals surface area contributed by atoms with E-state index >= 15 is 0 Å². The van der Waals surface area contributed by atoms with Crippen molar-refractivity contribution < 1.29 is 52.4 Å². The minimum atomic E-state index is -1.85. The van der Waals surface area contributed by atoms with Gasteiger partial charge in [-0.2, -0.15) is 0 Å². The van der Waals surface area contributed by atoms with Gasteiger partial charge in [0.2, 0.25) is 12.4 Å². The third kappa shape index (κ3) is 12.0. The van der Waals surface area contributed by atoms with Crippen LogP contribution >= 0.6 is 0 Å². The lowest BCUT2D eigenvalue weighted by Crippen LogP contribution is -2.64. The number of carbonyl (C=O) groups excluding carboxylic acids is 5. The van der Waals surface area contributed by atoms with Gasteiger partial charge in [-0.05, 0) is 60.7 Å². The van der Waals surface area contributed by atoms with Gasteiger partial charge in [0.15, 0.2) is 12.2 Å². The molecule has 1 aliphatic rings. The van der Waals surface area contributed by atoms with Crippen LogP contribution in [0.3, 0.4) is 0 Å². The lowest BCUT2D eigenvalue weighted by atomic mass is 9.98. The highest BCUT2D eigenvalue weighted by molar-refractivity contribution is 5.87. The number of anilines is 5. The van der Waals surface area contributed by atoms with Crippen LogP contribution in [0.25, 0.3) is 0 Å². The third-order valence-corrected chi connectivity index (χ3v) is 8.02. The van der Waals surface area contributed by atoms with E-state index in [0.717, 1.165) is 0 Å². The molecule has 5 aromatic carbocycles. The zero-order valence-corrected chi connectivity index (χ0v) is 30.0. The van der Waals surface area contributed by atoms with E-state index in [9.17, 15) is 24.0 Å². The first-order valence-corrected chi connectivity index (χ1v) is 17.5. The molecular weight excluding hydrogens is 738 g/mol. The molecular formula is C41H37N5O11. The van der Waals surface area contributed by atoms with E-state index in [2.05, 4.69) is 26.6 Å². The Balaban J connectivity index is 1.34. The van der Waals surface area contributed by atoms with Crippen LogP contribution < -0.4 is 26.6 Å². The van der Waals surface area contributed by atoms with Gasteiger partial charge in [-0.25, -0.2) is 24.0 Å². The highest BCUT2D eigenvalue weighted by atomic mass is 16.8. The van der Waals surface area contributed by atoms with E-state index in [1.807, 2.05) is 0 Å². The Morgan fingerprint density at radius 3 is 1.05 bits per heavy atom. The first kappa shape index (κ1) is 39.1. The Morgan fingerprint density at radius 1 is 0.386 bits per heavy atom.